The largest absolute Gasteiger partial charge is 0.434 e. The van der Waals surface area contributed by atoms with Crippen LogP contribution in [0.5, 0.6) is 0 Å². The zero-order valence-electron chi connectivity index (χ0n) is 15.4. The van der Waals surface area contributed by atoms with Crippen LogP contribution in [-0.4, -0.2) is 41.5 Å². The lowest BCUT2D eigenvalue weighted by molar-refractivity contribution is -0.141. The highest BCUT2D eigenvalue weighted by Gasteiger charge is 2.37. The zero-order valence-corrected chi connectivity index (χ0v) is 16.9. The van der Waals surface area contributed by atoms with Crippen LogP contribution < -0.4 is 10.6 Å². The maximum Gasteiger partial charge on any atom is 0.434 e. The number of piperazine rings is 1. The fraction of sp³-hybridized carbons (Fsp3) is 0.278. The van der Waals surface area contributed by atoms with E-state index in [4.69, 9.17) is 23.2 Å². The van der Waals surface area contributed by atoms with Crippen molar-refractivity contribution in [3.63, 3.8) is 0 Å². The van der Waals surface area contributed by atoms with Gasteiger partial charge in [-0.15, -0.1) is 0 Å². The van der Waals surface area contributed by atoms with Gasteiger partial charge in [-0.25, -0.2) is 18.6 Å². The number of carbonyl (C=O) groups is 2. The number of alkyl halides is 3. The number of amides is 3. The van der Waals surface area contributed by atoms with Gasteiger partial charge in [0.05, 0.1) is 10.7 Å². The van der Waals surface area contributed by atoms with Crippen LogP contribution in [0, 0.1) is 11.6 Å². The van der Waals surface area contributed by atoms with Gasteiger partial charge in [0.1, 0.15) is 29.2 Å². The first-order valence-electron chi connectivity index (χ1n) is 8.68. The molecule has 1 aromatic heterocycles. The van der Waals surface area contributed by atoms with Crippen molar-refractivity contribution in [2.24, 2.45) is 0 Å². The number of aromatic nitrogens is 1. The normalized spacial score (nSPS) is 15.5. The monoisotopic (exact) mass is 482 g/mol. The number of halogens is 7. The Morgan fingerprint density at radius 2 is 1.90 bits per heavy atom. The molecule has 1 aromatic carbocycles. The highest BCUT2D eigenvalue weighted by molar-refractivity contribution is 6.31. The van der Waals surface area contributed by atoms with Gasteiger partial charge < -0.3 is 15.5 Å². The minimum atomic E-state index is -4.93. The molecule has 3 rings (SSSR count). The van der Waals surface area contributed by atoms with Crippen LogP contribution in [0.15, 0.2) is 24.3 Å². The number of hydrogen-bond donors (Lipinski definition) is 2. The van der Waals surface area contributed by atoms with Crippen molar-refractivity contribution < 1.29 is 31.5 Å². The summed E-state index contributed by atoms with van der Waals surface area (Å²) in [4.78, 5) is 28.7. The molecule has 0 spiro atoms. The SMILES string of the molecule is O=C1CN(C(=O)N[C@@H](c2ccc(Cl)c(C(F)(F)F)n2)c2ccc(F)c(Cl)c2F)CCN1. The molecule has 2 aromatic rings. The van der Waals surface area contributed by atoms with E-state index in [9.17, 15) is 31.5 Å². The van der Waals surface area contributed by atoms with Crippen LogP contribution in [0.1, 0.15) is 23.0 Å². The summed E-state index contributed by atoms with van der Waals surface area (Å²) in [7, 11) is 0. The van der Waals surface area contributed by atoms with Gasteiger partial charge in [0, 0.05) is 18.7 Å². The Morgan fingerprint density at radius 3 is 2.55 bits per heavy atom. The van der Waals surface area contributed by atoms with Gasteiger partial charge in [-0.05, 0) is 18.2 Å². The van der Waals surface area contributed by atoms with Crippen LogP contribution in [0.2, 0.25) is 10.0 Å². The predicted molar refractivity (Wildman–Crippen MR) is 101 cm³/mol. The van der Waals surface area contributed by atoms with Crippen molar-refractivity contribution in [3.8, 4) is 0 Å². The zero-order chi connectivity index (χ0) is 22.9. The summed E-state index contributed by atoms with van der Waals surface area (Å²) < 4.78 is 68.1. The Hall–Kier alpha value is -2.66. The van der Waals surface area contributed by atoms with Gasteiger partial charge in [-0.3, -0.25) is 4.79 Å². The minimum absolute atomic E-state index is 0.110. The summed E-state index contributed by atoms with van der Waals surface area (Å²) in [6, 6.07) is 1.22. The molecule has 166 valence electrons. The van der Waals surface area contributed by atoms with Crippen LogP contribution in [-0.2, 0) is 11.0 Å². The van der Waals surface area contributed by atoms with Crippen molar-refractivity contribution in [3.05, 3.63) is 62.9 Å². The van der Waals surface area contributed by atoms with E-state index in [2.05, 4.69) is 15.6 Å². The molecule has 31 heavy (non-hydrogen) atoms. The fourth-order valence-electron chi connectivity index (χ4n) is 2.92. The van der Waals surface area contributed by atoms with E-state index in [0.29, 0.717) is 0 Å². The maximum absolute atomic E-state index is 14.7. The molecule has 1 aliphatic rings. The summed E-state index contributed by atoms with van der Waals surface area (Å²) in [6.07, 6.45) is -4.93. The van der Waals surface area contributed by atoms with Gasteiger partial charge >= 0.3 is 12.2 Å². The molecule has 0 bridgehead atoms. The van der Waals surface area contributed by atoms with Gasteiger partial charge in [-0.1, -0.05) is 29.3 Å². The molecule has 3 amide bonds. The Bertz CT molecular complexity index is 1030. The summed E-state index contributed by atoms with van der Waals surface area (Å²) >= 11 is 11.2. The number of benzene rings is 1. The lowest BCUT2D eigenvalue weighted by atomic mass is 10.0. The molecule has 1 aliphatic heterocycles. The highest BCUT2D eigenvalue weighted by atomic mass is 35.5. The van der Waals surface area contributed by atoms with Gasteiger partial charge in [0.15, 0.2) is 5.69 Å². The first-order valence-corrected chi connectivity index (χ1v) is 9.43. The first-order chi connectivity index (χ1) is 14.5. The molecule has 2 N–H and O–H groups in total. The standard InChI is InChI=1S/C18H13Cl2F5N4O2/c19-9-2-4-11(27-16(9)18(23,24)25)15(8-1-3-10(21)13(20)14(8)22)28-17(31)29-6-5-26-12(30)7-29/h1-4,15H,5-7H2,(H,26,30)(H,28,31)/t15-/m1/s1. The fourth-order valence-corrected chi connectivity index (χ4v) is 3.30. The summed E-state index contributed by atoms with van der Waals surface area (Å²) in [6.45, 7) is -0.0447. The second kappa shape index (κ2) is 8.83. The van der Waals surface area contributed by atoms with Crippen molar-refractivity contribution >= 4 is 35.1 Å². The molecule has 1 saturated heterocycles. The second-order valence-electron chi connectivity index (χ2n) is 6.48. The molecule has 0 aliphatic carbocycles. The average Bonchev–Trinajstić information content (AvgIpc) is 2.70. The Labute approximate surface area is 182 Å². The number of pyridine rings is 1. The molecular weight excluding hydrogens is 470 g/mol. The predicted octanol–water partition coefficient (Wildman–Crippen LogP) is 3.92. The van der Waals surface area contributed by atoms with Crippen LogP contribution in [0.3, 0.4) is 0 Å². The molecule has 6 nitrogen and oxygen atoms in total. The minimum Gasteiger partial charge on any atom is -0.353 e. The van der Waals surface area contributed by atoms with Gasteiger partial charge in [0.25, 0.3) is 0 Å². The Morgan fingerprint density at radius 1 is 1.19 bits per heavy atom. The molecule has 0 saturated carbocycles. The van der Waals surface area contributed by atoms with E-state index in [1.54, 1.807) is 0 Å². The lowest BCUT2D eigenvalue weighted by Gasteiger charge is -2.29. The van der Waals surface area contributed by atoms with Gasteiger partial charge in [0.2, 0.25) is 5.91 Å². The van der Waals surface area contributed by atoms with Crippen LogP contribution in [0.4, 0.5) is 26.7 Å². The Balaban J connectivity index is 2.06. The smallest absolute Gasteiger partial charge is 0.353 e. The maximum atomic E-state index is 14.7. The third-order valence-electron chi connectivity index (χ3n) is 4.40. The topological polar surface area (TPSA) is 74.3 Å². The molecular formula is C18H13Cl2F5N4O2. The third-order valence-corrected chi connectivity index (χ3v) is 5.05. The van der Waals surface area contributed by atoms with Crippen molar-refractivity contribution in [2.75, 3.05) is 19.6 Å². The summed E-state index contributed by atoms with van der Waals surface area (Å²) in [5.41, 5.74) is -2.30. The van der Waals surface area contributed by atoms with E-state index in [1.807, 2.05) is 0 Å². The number of rotatable bonds is 3. The van der Waals surface area contributed by atoms with Crippen molar-refractivity contribution in [1.29, 1.82) is 0 Å². The van der Waals surface area contributed by atoms with E-state index in [-0.39, 0.29) is 19.6 Å². The van der Waals surface area contributed by atoms with Crippen molar-refractivity contribution in [2.45, 2.75) is 12.2 Å². The quantitative estimate of drug-likeness (QED) is 0.514. The molecule has 0 radical (unpaired) electrons. The van der Waals surface area contributed by atoms with E-state index < -0.39 is 62.8 Å². The van der Waals surface area contributed by atoms with Crippen molar-refractivity contribution in [1.82, 2.24) is 20.5 Å². The summed E-state index contributed by atoms with van der Waals surface area (Å²) in [5, 5.41) is 3.24. The van der Waals surface area contributed by atoms with Gasteiger partial charge in [-0.2, -0.15) is 13.2 Å². The van der Waals surface area contributed by atoms with E-state index in [1.165, 1.54) is 0 Å². The number of nitrogens with one attached hydrogen (secondary N) is 2. The molecule has 1 atom stereocenters. The molecule has 2 heterocycles. The lowest BCUT2D eigenvalue weighted by Crippen LogP contribution is -2.53. The summed E-state index contributed by atoms with van der Waals surface area (Å²) in [5.74, 6) is -2.83. The number of nitrogens with zero attached hydrogens (tertiary/aromatic N) is 2. The van der Waals surface area contributed by atoms with E-state index in [0.717, 1.165) is 29.2 Å². The molecule has 1 fully saturated rings. The van der Waals surface area contributed by atoms with Crippen LogP contribution in [0.25, 0.3) is 0 Å². The third kappa shape index (κ3) is 4.99. The average molecular weight is 483 g/mol. The number of carbonyl (C=O) groups excluding carboxylic acids is 2. The second-order valence-corrected chi connectivity index (χ2v) is 7.27. The highest BCUT2D eigenvalue weighted by Crippen LogP contribution is 2.36. The van der Waals surface area contributed by atoms with E-state index >= 15 is 0 Å². The first kappa shape index (κ1) is 23.0. The number of hydrogen-bond acceptors (Lipinski definition) is 3. The molecule has 13 heteroatoms. The Kier molecular flexibility index (Phi) is 6.56. The number of urea groups is 1. The van der Waals surface area contributed by atoms with Crippen LogP contribution >= 0.6 is 23.2 Å². The molecule has 0 unspecified atom stereocenters.